The SMILES string of the molecule is COc1cc(F)c(S(=O)(=O)NCC(N)C2CC2)cc1OC.Cl. The number of halogens is 2. The number of hydrogen-bond acceptors (Lipinski definition) is 5. The molecule has 126 valence electrons. The summed E-state index contributed by atoms with van der Waals surface area (Å²) in [6.45, 7) is 0.0841. The second-order valence-corrected chi connectivity index (χ2v) is 6.73. The normalized spacial score (nSPS) is 15.8. The highest BCUT2D eigenvalue weighted by Crippen LogP contribution is 2.33. The highest BCUT2D eigenvalue weighted by atomic mass is 35.5. The fourth-order valence-electron chi connectivity index (χ4n) is 2.02. The largest absolute Gasteiger partial charge is 0.493 e. The minimum absolute atomic E-state index is 0. The lowest BCUT2D eigenvalue weighted by molar-refractivity contribution is 0.350. The topological polar surface area (TPSA) is 90.7 Å². The van der Waals surface area contributed by atoms with E-state index in [1.54, 1.807) is 0 Å². The van der Waals surface area contributed by atoms with Crippen LogP contribution in [0, 0.1) is 11.7 Å². The molecule has 1 saturated carbocycles. The number of nitrogens with one attached hydrogen (secondary N) is 1. The molecule has 0 spiro atoms. The van der Waals surface area contributed by atoms with Crippen LogP contribution in [0.25, 0.3) is 0 Å². The fraction of sp³-hybridized carbons (Fsp3) is 0.538. The molecule has 0 heterocycles. The van der Waals surface area contributed by atoms with Gasteiger partial charge in [-0.3, -0.25) is 0 Å². The van der Waals surface area contributed by atoms with Crippen LogP contribution in [0.3, 0.4) is 0 Å². The van der Waals surface area contributed by atoms with Gasteiger partial charge < -0.3 is 15.2 Å². The molecule has 0 amide bonds. The monoisotopic (exact) mass is 354 g/mol. The first-order valence-corrected chi connectivity index (χ1v) is 8.04. The van der Waals surface area contributed by atoms with E-state index >= 15 is 0 Å². The molecule has 0 bridgehead atoms. The molecule has 9 heteroatoms. The van der Waals surface area contributed by atoms with E-state index in [9.17, 15) is 12.8 Å². The molecule has 3 N–H and O–H groups in total. The van der Waals surface area contributed by atoms with Crippen LogP contribution in [0.5, 0.6) is 11.5 Å². The van der Waals surface area contributed by atoms with Crippen molar-refractivity contribution in [3.8, 4) is 11.5 Å². The predicted molar refractivity (Wildman–Crippen MR) is 82.6 cm³/mol. The molecule has 1 aromatic carbocycles. The van der Waals surface area contributed by atoms with Gasteiger partial charge in [-0.1, -0.05) is 0 Å². The number of benzene rings is 1. The van der Waals surface area contributed by atoms with Gasteiger partial charge in [0.25, 0.3) is 0 Å². The number of nitrogens with two attached hydrogens (primary N) is 1. The average molecular weight is 355 g/mol. The second-order valence-electron chi connectivity index (χ2n) is 4.99. The van der Waals surface area contributed by atoms with Crippen molar-refractivity contribution in [3.05, 3.63) is 17.9 Å². The Hall–Kier alpha value is -1.09. The first kappa shape index (κ1) is 19.0. The van der Waals surface area contributed by atoms with Gasteiger partial charge >= 0.3 is 0 Å². The summed E-state index contributed by atoms with van der Waals surface area (Å²) in [5.41, 5.74) is 5.84. The van der Waals surface area contributed by atoms with Gasteiger partial charge in [-0.25, -0.2) is 17.5 Å². The van der Waals surface area contributed by atoms with Crippen molar-refractivity contribution in [1.29, 1.82) is 0 Å². The molecule has 1 aliphatic carbocycles. The Morgan fingerprint density at radius 1 is 1.32 bits per heavy atom. The number of sulfonamides is 1. The van der Waals surface area contributed by atoms with Gasteiger partial charge in [0, 0.05) is 24.7 Å². The van der Waals surface area contributed by atoms with Crippen molar-refractivity contribution in [1.82, 2.24) is 4.72 Å². The minimum atomic E-state index is -3.99. The fourth-order valence-corrected chi connectivity index (χ4v) is 3.16. The first-order chi connectivity index (χ1) is 9.89. The molecule has 1 fully saturated rings. The molecule has 0 aromatic heterocycles. The lowest BCUT2D eigenvalue weighted by Gasteiger charge is -2.14. The summed E-state index contributed by atoms with van der Waals surface area (Å²) in [7, 11) is -1.29. The Morgan fingerprint density at radius 3 is 2.36 bits per heavy atom. The van der Waals surface area contributed by atoms with E-state index < -0.39 is 20.7 Å². The first-order valence-electron chi connectivity index (χ1n) is 6.55. The Kier molecular flexibility index (Phi) is 6.42. The summed E-state index contributed by atoms with van der Waals surface area (Å²) in [5, 5.41) is 0. The zero-order valence-electron chi connectivity index (χ0n) is 12.3. The molecule has 22 heavy (non-hydrogen) atoms. The van der Waals surface area contributed by atoms with Gasteiger partial charge in [0.05, 0.1) is 14.2 Å². The van der Waals surface area contributed by atoms with Crippen molar-refractivity contribution in [2.45, 2.75) is 23.8 Å². The van der Waals surface area contributed by atoms with E-state index in [1.807, 2.05) is 0 Å². The molecule has 1 aromatic rings. The highest BCUT2D eigenvalue weighted by molar-refractivity contribution is 7.89. The molecular formula is C13H20ClFN2O4S. The smallest absolute Gasteiger partial charge is 0.243 e. The van der Waals surface area contributed by atoms with Crippen molar-refractivity contribution in [2.75, 3.05) is 20.8 Å². The molecule has 1 atom stereocenters. The lowest BCUT2D eigenvalue weighted by Crippen LogP contribution is -2.38. The quantitative estimate of drug-likeness (QED) is 0.769. The third-order valence-corrected chi connectivity index (χ3v) is 4.90. The second kappa shape index (κ2) is 7.45. The van der Waals surface area contributed by atoms with Crippen LogP contribution in [0.2, 0.25) is 0 Å². The number of methoxy groups -OCH3 is 2. The van der Waals surface area contributed by atoms with Crippen LogP contribution in [0.15, 0.2) is 17.0 Å². The Balaban J connectivity index is 0.00000242. The maximum Gasteiger partial charge on any atom is 0.243 e. The highest BCUT2D eigenvalue weighted by Gasteiger charge is 2.30. The van der Waals surface area contributed by atoms with E-state index in [1.165, 1.54) is 14.2 Å². The van der Waals surface area contributed by atoms with Crippen LogP contribution in [0.1, 0.15) is 12.8 Å². The summed E-state index contributed by atoms with van der Waals surface area (Å²) >= 11 is 0. The maximum absolute atomic E-state index is 14.0. The van der Waals surface area contributed by atoms with Gasteiger partial charge in [-0.15, -0.1) is 12.4 Å². The summed E-state index contributed by atoms with van der Waals surface area (Å²) in [6.07, 6.45) is 2.02. The van der Waals surface area contributed by atoms with Crippen molar-refractivity contribution >= 4 is 22.4 Å². The molecule has 6 nitrogen and oxygen atoms in total. The summed E-state index contributed by atoms with van der Waals surface area (Å²) in [6, 6.07) is 1.83. The van der Waals surface area contributed by atoms with Crippen LogP contribution < -0.4 is 19.9 Å². The molecule has 0 aliphatic heterocycles. The van der Waals surface area contributed by atoms with Crippen LogP contribution in [0.4, 0.5) is 4.39 Å². The van der Waals surface area contributed by atoms with Crippen LogP contribution >= 0.6 is 12.4 Å². The Labute approximate surface area is 135 Å². The van der Waals surface area contributed by atoms with E-state index in [-0.39, 0.29) is 36.5 Å². The Morgan fingerprint density at radius 2 is 1.86 bits per heavy atom. The molecule has 2 rings (SSSR count). The predicted octanol–water partition coefficient (Wildman–Crippen LogP) is 1.28. The third-order valence-electron chi connectivity index (χ3n) is 3.46. The van der Waals surface area contributed by atoms with Crippen molar-refractivity contribution < 1.29 is 22.3 Å². The maximum atomic E-state index is 14.0. The zero-order chi connectivity index (χ0) is 15.6. The van der Waals surface area contributed by atoms with Gasteiger partial charge in [-0.2, -0.15) is 0 Å². The van der Waals surface area contributed by atoms with Crippen molar-refractivity contribution in [2.24, 2.45) is 11.7 Å². The van der Waals surface area contributed by atoms with E-state index in [4.69, 9.17) is 15.2 Å². The average Bonchev–Trinajstić information content (AvgIpc) is 3.28. The molecule has 1 unspecified atom stereocenters. The van der Waals surface area contributed by atoms with Crippen LogP contribution in [-0.4, -0.2) is 35.2 Å². The minimum Gasteiger partial charge on any atom is -0.493 e. The van der Waals surface area contributed by atoms with E-state index in [0.29, 0.717) is 5.92 Å². The molecule has 0 saturated heterocycles. The van der Waals surface area contributed by atoms with Gasteiger partial charge in [0.2, 0.25) is 10.0 Å². The van der Waals surface area contributed by atoms with E-state index in [0.717, 1.165) is 25.0 Å². The standard InChI is InChI=1S/C13H19FN2O4S.ClH/c1-19-11-5-9(14)13(6-12(11)20-2)21(17,18)16-7-10(15)8-3-4-8;/h5-6,8,10,16H,3-4,7,15H2,1-2H3;1H. The van der Waals surface area contributed by atoms with E-state index in [2.05, 4.69) is 4.72 Å². The third kappa shape index (κ3) is 4.22. The molecule has 0 radical (unpaired) electrons. The summed E-state index contributed by atoms with van der Waals surface area (Å²) < 4.78 is 50.5. The van der Waals surface area contributed by atoms with Gasteiger partial charge in [0.15, 0.2) is 11.5 Å². The van der Waals surface area contributed by atoms with Crippen LogP contribution in [-0.2, 0) is 10.0 Å². The number of hydrogen-bond donors (Lipinski definition) is 2. The van der Waals surface area contributed by atoms with Crippen molar-refractivity contribution in [3.63, 3.8) is 0 Å². The molecule has 1 aliphatic rings. The molecular weight excluding hydrogens is 335 g/mol. The Bertz CT molecular complexity index is 623. The summed E-state index contributed by atoms with van der Waals surface area (Å²) in [4.78, 5) is -0.483. The summed E-state index contributed by atoms with van der Waals surface area (Å²) in [5.74, 6) is -0.280. The number of rotatable bonds is 7. The van der Waals surface area contributed by atoms with Gasteiger partial charge in [0.1, 0.15) is 10.7 Å². The van der Waals surface area contributed by atoms with Gasteiger partial charge in [-0.05, 0) is 18.8 Å². The number of ether oxygens (including phenoxy) is 2. The lowest BCUT2D eigenvalue weighted by atomic mass is 10.2. The zero-order valence-corrected chi connectivity index (χ0v) is 14.0.